The number of benzene rings is 2. The largest absolute Gasteiger partial charge is 0.352 e. The molecule has 1 fully saturated rings. The highest BCUT2D eigenvalue weighted by Crippen LogP contribution is 2.20. The lowest BCUT2D eigenvalue weighted by atomic mass is 10.1. The number of carbonyl (C=O) groups is 2. The zero-order valence-corrected chi connectivity index (χ0v) is 18.0. The lowest BCUT2D eigenvalue weighted by Crippen LogP contribution is -2.50. The topological polar surface area (TPSA) is 49.4 Å². The molecule has 4 nitrogen and oxygen atoms in total. The van der Waals surface area contributed by atoms with Crippen molar-refractivity contribution in [3.8, 4) is 0 Å². The minimum Gasteiger partial charge on any atom is -0.352 e. The fourth-order valence-corrected chi connectivity index (χ4v) is 4.02. The Kier molecular flexibility index (Phi) is 7.57. The van der Waals surface area contributed by atoms with E-state index in [9.17, 15) is 9.59 Å². The Bertz CT molecular complexity index is 848. The summed E-state index contributed by atoms with van der Waals surface area (Å²) in [6, 6.07) is 14.2. The molecular weight excluding hydrogens is 407 g/mol. The van der Waals surface area contributed by atoms with E-state index in [0.717, 1.165) is 36.8 Å². The summed E-state index contributed by atoms with van der Waals surface area (Å²) >= 11 is 12.0. The summed E-state index contributed by atoms with van der Waals surface area (Å²) in [6.07, 6.45) is 4.48. The van der Waals surface area contributed by atoms with Crippen LogP contribution >= 0.6 is 23.2 Å². The van der Waals surface area contributed by atoms with Crippen LogP contribution in [0, 0.1) is 0 Å². The van der Waals surface area contributed by atoms with Crippen molar-refractivity contribution in [3.63, 3.8) is 0 Å². The molecule has 154 valence electrons. The van der Waals surface area contributed by atoms with E-state index in [0.29, 0.717) is 16.6 Å². The molecular formula is C23H26Cl2N2O2. The van der Waals surface area contributed by atoms with Crippen molar-refractivity contribution in [2.24, 2.45) is 0 Å². The number of rotatable bonds is 7. The highest BCUT2D eigenvalue weighted by atomic mass is 35.5. The van der Waals surface area contributed by atoms with Gasteiger partial charge >= 0.3 is 0 Å². The number of nitrogens with one attached hydrogen (secondary N) is 1. The Morgan fingerprint density at radius 2 is 1.72 bits per heavy atom. The summed E-state index contributed by atoms with van der Waals surface area (Å²) in [6.45, 7) is 2.13. The summed E-state index contributed by atoms with van der Waals surface area (Å²) in [5.41, 5.74) is 1.75. The van der Waals surface area contributed by atoms with Crippen LogP contribution in [0.3, 0.4) is 0 Å². The molecule has 0 bridgehead atoms. The van der Waals surface area contributed by atoms with Crippen LogP contribution in [-0.4, -0.2) is 28.8 Å². The highest BCUT2D eigenvalue weighted by Gasteiger charge is 2.28. The molecule has 2 aromatic carbocycles. The Morgan fingerprint density at radius 1 is 1.03 bits per heavy atom. The van der Waals surface area contributed by atoms with Gasteiger partial charge in [-0.15, -0.1) is 0 Å². The third kappa shape index (κ3) is 6.22. The number of hydrogen-bond donors (Lipinski definition) is 1. The smallest absolute Gasteiger partial charge is 0.242 e. The molecule has 0 aliphatic heterocycles. The molecule has 6 heteroatoms. The van der Waals surface area contributed by atoms with Gasteiger partial charge in [0.1, 0.15) is 6.04 Å². The van der Waals surface area contributed by atoms with Crippen LogP contribution in [0.25, 0.3) is 0 Å². The third-order valence-electron chi connectivity index (χ3n) is 5.38. The maximum absolute atomic E-state index is 13.2. The van der Waals surface area contributed by atoms with Gasteiger partial charge in [0.2, 0.25) is 11.8 Å². The second-order valence-electron chi connectivity index (χ2n) is 7.62. The van der Waals surface area contributed by atoms with Crippen molar-refractivity contribution in [3.05, 3.63) is 69.7 Å². The van der Waals surface area contributed by atoms with Crippen molar-refractivity contribution in [1.82, 2.24) is 10.2 Å². The standard InChI is InChI=1S/C23H26Cl2N2O2/c1-16(23(29)26-21-7-2-3-8-21)27(15-17-9-11-19(24)12-10-17)22(28)14-18-5-4-6-20(25)13-18/h4-6,9-13,16,21H,2-3,7-8,14-15H2,1H3,(H,26,29). The molecule has 0 saturated heterocycles. The first-order valence-electron chi connectivity index (χ1n) is 10.0. The number of nitrogens with zero attached hydrogens (tertiary/aromatic N) is 1. The van der Waals surface area contributed by atoms with Crippen molar-refractivity contribution in [2.45, 2.75) is 57.7 Å². The molecule has 29 heavy (non-hydrogen) atoms. The molecule has 1 N–H and O–H groups in total. The molecule has 0 radical (unpaired) electrons. The number of hydrogen-bond acceptors (Lipinski definition) is 2. The minimum absolute atomic E-state index is 0.106. The predicted octanol–water partition coefficient (Wildman–Crippen LogP) is 5.01. The maximum Gasteiger partial charge on any atom is 0.242 e. The molecule has 1 aliphatic carbocycles. The minimum atomic E-state index is -0.571. The molecule has 0 aromatic heterocycles. The van der Waals surface area contributed by atoms with Crippen LogP contribution in [0.2, 0.25) is 10.0 Å². The third-order valence-corrected chi connectivity index (χ3v) is 5.87. The quantitative estimate of drug-likeness (QED) is 0.667. The summed E-state index contributed by atoms with van der Waals surface area (Å²) in [5.74, 6) is -0.221. The Labute approximate surface area is 182 Å². The average Bonchev–Trinajstić information content (AvgIpc) is 3.20. The van der Waals surface area contributed by atoms with Crippen LogP contribution in [-0.2, 0) is 22.6 Å². The molecule has 0 heterocycles. The van der Waals surface area contributed by atoms with Crippen molar-refractivity contribution < 1.29 is 9.59 Å². The predicted molar refractivity (Wildman–Crippen MR) is 117 cm³/mol. The Balaban J connectivity index is 1.76. The van der Waals surface area contributed by atoms with Crippen LogP contribution < -0.4 is 5.32 Å². The van der Waals surface area contributed by atoms with Gasteiger partial charge in [0.05, 0.1) is 6.42 Å². The van der Waals surface area contributed by atoms with Crippen molar-refractivity contribution >= 4 is 35.0 Å². The molecule has 1 saturated carbocycles. The second kappa shape index (κ2) is 10.1. The molecule has 2 amide bonds. The van der Waals surface area contributed by atoms with E-state index < -0.39 is 6.04 Å². The number of carbonyl (C=O) groups excluding carboxylic acids is 2. The zero-order chi connectivity index (χ0) is 20.8. The van der Waals surface area contributed by atoms with Gasteiger partial charge in [0.25, 0.3) is 0 Å². The van der Waals surface area contributed by atoms with E-state index in [4.69, 9.17) is 23.2 Å². The summed E-state index contributed by atoms with van der Waals surface area (Å²) in [7, 11) is 0. The van der Waals surface area contributed by atoms with Gasteiger partial charge in [-0.1, -0.05) is 60.3 Å². The molecule has 0 spiro atoms. The van der Waals surface area contributed by atoms with E-state index in [-0.39, 0.29) is 24.3 Å². The van der Waals surface area contributed by atoms with Gasteiger partial charge in [-0.25, -0.2) is 0 Å². The summed E-state index contributed by atoms with van der Waals surface area (Å²) in [4.78, 5) is 27.6. The monoisotopic (exact) mass is 432 g/mol. The van der Waals surface area contributed by atoms with Crippen molar-refractivity contribution in [1.29, 1.82) is 0 Å². The summed E-state index contributed by atoms with van der Waals surface area (Å²) < 4.78 is 0. The first-order valence-corrected chi connectivity index (χ1v) is 10.8. The van der Waals surface area contributed by atoms with Crippen LogP contribution in [0.4, 0.5) is 0 Å². The second-order valence-corrected chi connectivity index (χ2v) is 8.49. The molecule has 2 aromatic rings. The maximum atomic E-state index is 13.2. The van der Waals surface area contributed by atoms with E-state index in [2.05, 4.69) is 5.32 Å². The zero-order valence-electron chi connectivity index (χ0n) is 16.5. The van der Waals surface area contributed by atoms with E-state index >= 15 is 0 Å². The normalized spacial score (nSPS) is 15.1. The van der Waals surface area contributed by atoms with Gasteiger partial charge in [-0.05, 0) is 55.2 Å². The van der Waals surface area contributed by atoms with Gasteiger partial charge in [0.15, 0.2) is 0 Å². The van der Waals surface area contributed by atoms with Gasteiger partial charge in [-0.3, -0.25) is 9.59 Å². The number of halogens is 2. The van der Waals surface area contributed by atoms with E-state index in [1.54, 1.807) is 36.1 Å². The number of amides is 2. The van der Waals surface area contributed by atoms with Gasteiger partial charge in [-0.2, -0.15) is 0 Å². The average molecular weight is 433 g/mol. The Morgan fingerprint density at radius 3 is 2.38 bits per heavy atom. The van der Waals surface area contributed by atoms with Crippen molar-refractivity contribution in [2.75, 3.05) is 0 Å². The van der Waals surface area contributed by atoms with Crippen LogP contribution in [0.1, 0.15) is 43.7 Å². The van der Waals surface area contributed by atoms with Gasteiger partial charge < -0.3 is 10.2 Å². The fraction of sp³-hybridized carbons (Fsp3) is 0.391. The fourth-order valence-electron chi connectivity index (χ4n) is 3.68. The lowest BCUT2D eigenvalue weighted by molar-refractivity contribution is -0.140. The van der Waals surface area contributed by atoms with Crippen LogP contribution in [0.15, 0.2) is 48.5 Å². The molecule has 1 aliphatic rings. The first kappa shape index (κ1) is 21.7. The lowest BCUT2D eigenvalue weighted by Gasteiger charge is -2.30. The molecule has 1 atom stereocenters. The molecule has 3 rings (SSSR count). The van der Waals surface area contributed by atoms with Crippen LogP contribution in [0.5, 0.6) is 0 Å². The SMILES string of the molecule is CC(C(=O)NC1CCCC1)N(Cc1ccc(Cl)cc1)C(=O)Cc1cccc(Cl)c1. The highest BCUT2D eigenvalue weighted by molar-refractivity contribution is 6.30. The van der Waals surface area contributed by atoms with Gasteiger partial charge in [0, 0.05) is 22.6 Å². The Hall–Kier alpha value is -2.04. The van der Waals surface area contributed by atoms with E-state index in [1.807, 2.05) is 24.3 Å². The summed E-state index contributed by atoms with van der Waals surface area (Å²) in [5, 5.41) is 4.33. The van der Waals surface area contributed by atoms with E-state index in [1.165, 1.54) is 0 Å². The molecule has 1 unspecified atom stereocenters. The first-order chi connectivity index (χ1) is 13.9.